The molecule has 0 atom stereocenters. The van der Waals surface area contributed by atoms with E-state index in [0.29, 0.717) is 15.7 Å². The minimum absolute atomic E-state index is 0.367. The van der Waals surface area contributed by atoms with Gasteiger partial charge in [0.25, 0.3) is 0 Å². The van der Waals surface area contributed by atoms with Crippen molar-refractivity contribution in [1.29, 1.82) is 0 Å². The molecule has 1 aromatic carbocycles. The predicted octanol–water partition coefficient (Wildman–Crippen LogP) is 2.80. The van der Waals surface area contributed by atoms with Crippen LogP contribution >= 0.6 is 11.3 Å². The second-order valence-electron chi connectivity index (χ2n) is 4.04. The van der Waals surface area contributed by atoms with Crippen molar-refractivity contribution < 1.29 is 9.53 Å². The summed E-state index contributed by atoms with van der Waals surface area (Å²) < 4.78 is 4.76. The SMILES string of the molecule is COC(=O)c1sc(N)nc1-c1cc(C)ccc1C. The van der Waals surface area contributed by atoms with Crippen LogP contribution in [-0.4, -0.2) is 18.1 Å². The number of ether oxygens (including phenoxy) is 1. The Kier molecular flexibility index (Phi) is 3.34. The molecule has 0 saturated carbocycles. The zero-order chi connectivity index (χ0) is 13.3. The second-order valence-corrected chi connectivity index (χ2v) is 5.07. The van der Waals surface area contributed by atoms with E-state index < -0.39 is 5.97 Å². The van der Waals surface area contributed by atoms with Gasteiger partial charge >= 0.3 is 5.97 Å². The number of nitrogen functional groups attached to an aromatic ring is 1. The zero-order valence-corrected chi connectivity index (χ0v) is 11.3. The first-order valence-corrected chi connectivity index (χ1v) is 6.27. The van der Waals surface area contributed by atoms with Gasteiger partial charge in [-0.3, -0.25) is 0 Å². The lowest BCUT2D eigenvalue weighted by Gasteiger charge is -2.06. The average Bonchev–Trinajstić information content (AvgIpc) is 2.73. The van der Waals surface area contributed by atoms with Crippen LogP contribution in [0.5, 0.6) is 0 Å². The fourth-order valence-corrected chi connectivity index (χ4v) is 2.51. The van der Waals surface area contributed by atoms with Gasteiger partial charge in [-0.1, -0.05) is 29.0 Å². The first kappa shape index (κ1) is 12.6. The zero-order valence-electron chi connectivity index (χ0n) is 10.5. The van der Waals surface area contributed by atoms with Crippen molar-refractivity contribution in [3.8, 4) is 11.3 Å². The van der Waals surface area contributed by atoms with E-state index in [0.717, 1.165) is 28.0 Å². The van der Waals surface area contributed by atoms with Gasteiger partial charge in [-0.2, -0.15) is 0 Å². The summed E-state index contributed by atoms with van der Waals surface area (Å²) in [6.45, 7) is 3.97. The number of anilines is 1. The Hall–Kier alpha value is -1.88. The molecule has 18 heavy (non-hydrogen) atoms. The number of nitrogens with zero attached hydrogens (tertiary/aromatic N) is 1. The normalized spacial score (nSPS) is 10.4. The lowest BCUT2D eigenvalue weighted by molar-refractivity contribution is 0.0607. The van der Waals surface area contributed by atoms with Crippen molar-refractivity contribution in [1.82, 2.24) is 4.98 Å². The summed E-state index contributed by atoms with van der Waals surface area (Å²) in [4.78, 5) is 16.4. The maximum absolute atomic E-state index is 11.7. The quantitative estimate of drug-likeness (QED) is 0.845. The molecule has 2 N–H and O–H groups in total. The third kappa shape index (κ3) is 2.22. The lowest BCUT2D eigenvalue weighted by atomic mass is 10.0. The highest BCUT2D eigenvalue weighted by atomic mass is 32.1. The van der Waals surface area contributed by atoms with Crippen LogP contribution in [0.1, 0.15) is 20.8 Å². The molecule has 0 spiro atoms. The summed E-state index contributed by atoms with van der Waals surface area (Å²) in [5.41, 5.74) is 9.38. The Morgan fingerprint density at radius 2 is 2.11 bits per heavy atom. The highest BCUT2D eigenvalue weighted by Gasteiger charge is 2.20. The summed E-state index contributed by atoms with van der Waals surface area (Å²) in [6, 6.07) is 6.02. The summed E-state index contributed by atoms with van der Waals surface area (Å²) in [5, 5.41) is 0.367. The number of benzene rings is 1. The number of nitrogens with two attached hydrogens (primary N) is 1. The fourth-order valence-electron chi connectivity index (χ4n) is 1.74. The largest absolute Gasteiger partial charge is 0.465 e. The van der Waals surface area contributed by atoms with Crippen LogP contribution in [0.2, 0.25) is 0 Å². The van der Waals surface area contributed by atoms with E-state index in [1.54, 1.807) is 0 Å². The van der Waals surface area contributed by atoms with Gasteiger partial charge in [0.2, 0.25) is 0 Å². The lowest BCUT2D eigenvalue weighted by Crippen LogP contribution is -2.01. The Labute approximate surface area is 109 Å². The molecule has 0 amide bonds. The van der Waals surface area contributed by atoms with Crippen molar-refractivity contribution in [2.75, 3.05) is 12.8 Å². The van der Waals surface area contributed by atoms with Crippen molar-refractivity contribution in [3.05, 3.63) is 34.2 Å². The maximum Gasteiger partial charge on any atom is 0.350 e. The van der Waals surface area contributed by atoms with Crippen molar-refractivity contribution in [3.63, 3.8) is 0 Å². The number of esters is 1. The summed E-state index contributed by atoms with van der Waals surface area (Å²) in [5.74, 6) is -0.403. The van der Waals surface area contributed by atoms with Crippen LogP contribution < -0.4 is 5.73 Å². The number of carbonyl (C=O) groups excluding carboxylic acids is 1. The Bertz CT molecular complexity index is 605. The Morgan fingerprint density at radius 1 is 1.39 bits per heavy atom. The van der Waals surface area contributed by atoms with Gasteiger partial charge in [0.05, 0.1) is 12.8 Å². The summed E-state index contributed by atoms with van der Waals surface area (Å²) in [6.07, 6.45) is 0. The molecule has 0 unspecified atom stereocenters. The van der Waals surface area contributed by atoms with Gasteiger partial charge in [-0.05, 0) is 25.5 Å². The van der Waals surface area contributed by atoms with E-state index in [1.807, 2.05) is 32.0 Å². The molecule has 4 nitrogen and oxygen atoms in total. The minimum Gasteiger partial charge on any atom is -0.465 e. The van der Waals surface area contributed by atoms with Crippen LogP contribution in [0.25, 0.3) is 11.3 Å². The average molecular weight is 262 g/mol. The summed E-state index contributed by atoms with van der Waals surface area (Å²) >= 11 is 1.15. The van der Waals surface area contributed by atoms with Gasteiger partial charge < -0.3 is 10.5 Å². The van der Waals surface area contributed by atoms with Crippen molar-refractivity contribution >= 4 is 22.4 Å². The highest BCUT2D eigenvalue weighted by molar-refractivity contribution is 7.17. The number of carbonyl (C=O) groups is 1. The third-order valence-electron chi connectivity index (χ3n) is 2.66. The Morgan fingerprint density at radius 3 is 2.78 bits per heavy atom. The number of aromatic nitrogens is 1. The van der Waals surface area contributed by atoms with Crippen LogP contribution in [0.15, 0.2) is 18.2 Å². The first-order chi connectivity index (χ1) is 8.52. The minimum atomic E-state index is -0.403. The van der Waals surface area contributed by atoms with E-state index >= 15 is 0 Å². The van der Waals surface area contributed by atoms with Crippen LogP contribution in [-0.2, 0) is 4.74 Å². The molecule has 0 fully saturated rings. The molecule has 2 rings (SSSR count). The molecule has 1 aromatic heterocycles. The van der Waals surface area contributed by atoms with Crippen molar-refractivity contribution in [2.45, 2.75) is 13.8 Å². The summed E-state index contributed by atoms with van der Waals surface area (Å²) in [7, 11) is 1.35. The van der Waals surface area contributed by atoms with Gasteiger partial charge in [-0.15, -0.1) is 0 Å². The molecule has 0 aliphatic rings. The first-order valence-electron chi connectivity index (χ1n) is 5.45. The number of hydrogen-bond donors (Lipinski definition) is 1. The van der Waals surface area contributed by atoms with E-state index in [2.05, 4.69) is 4.98 Å². The van der Waals surface area contributed by atoms with Gasteiger partial charge in [-0.25, -0.2) is 9.78 Å². The molecule has 0 saturated heterocycles. The fraction of sp³-hybridized carbons (Fsp3) is 0.231. The van der Waals surface area contributed by atoms with Crippen LogP contribution in [0.3, 0.4) is 0 Å². The molecular weight excluding hydrogens is 248 g/mol. The van der Waals surface area contributed by atoms with Gasteiger partial charge in [0.15, 0.2) is 5.13 Å². The molecule has 0 bridgehead atoms. The number of hydrogen-bond acceptors (Lipinski definition) is 5. The van der Waals surface area contributed by atoms with Crippen LogP contribution in [0, 0.1) is 13.8 Å². The molecule has 0 aliphatic carbocycles. The second kappa shape index (κ2) is 4.78. The predicted molar refractivity (Wildman–Crippen MR) is 72.8 cm³/mol. The smallest absolute Gasteiger partial charge is 0.350 e. The number of thiazole rings is 1. The third-order valence-corrected chi connectivity index (χ3v) is 3.53. The molecule has 0 radical (unpaired) electrons. The topological polar surface area (TPSA) is 65.2 Å². The van der Waals surface area contributed by atoms with E-state index in [4.69, 9.17) is 10.5 Å². The van der Waals surface area contributed by atoms with Crippen molar-refractivity contribution in [2.24, 2.45) is 0 Å². The van der Waals surface area contributed by atoms with E-state index in [1.165, 1.54) is 7.11 Å². The standard InChI is InChI=1S/C13H14N2O2S/c1-7-4-5-8(2)9(6-7)10-11(12(16)17-3)18-13(14)15-10/h4-6H,1-3H3,(H2,14,15). The Balaban J connectivity index is 2.63. The molecular formula is C13H14N2O2S. The van der Waals surface area contributed by atoms with E-state index in [-0.39, 0.29) is 0 Å². The highest BCUT2D eigenvalue weighted by Crippen LogP contribution is 2.32. The van der Waals surface area contributed by atoms with Gasteiger partial charge in [0, 0.05) is 5.56 Å². The molecule has 0 aliphatic heterocycles. The number of methoxy groups -OCH3 is 1. The molecule has 5 heteroatoms. The van der Waals surface area contributed by atoms with Gasteiger partial charge in [0.1, 0.15) is 4.88 Å². The maximum atomic E-state index is 11.7. The molecule has 94 valence electrons. The van der Waals surface area contributed by atoms with E-state index in [9.17, 15) is 4.79 Å². The molecule has 1 heterocycles. The number of rotatable bonds is 2. The number of aryl methyl sites for hydroxylation is 2. The molecule has 2 aromatic rings. The monoisotopic (exact) mass is 262 g/mol. The van der Waals surface area contributed by atoms with Crippen LogP contribution in [0.4, 0.5) is 5.13 Å².